The van der Waals surface area contributed by atoms with Gasteiger partial charge in [0.1, 0.15) is 0 Å². The maximum atomic E-state index is 10.3. The molecule has 0 amide bonds. The van der Waals surface area contributed by atoms with Crippen molar-refractivity contribution >= 4 is 11.9 Å². The van der Waals surface area contributed by atoms with E-state index in [1.807, 2.05) is 24.3 Å². The van der Waals surface area contributed by atoms with Crippen molar-refractivity contribution in [1.82, 2.24) is 0 Å². The number of rotatable bonds is 26. The van der Waals surface area contributed by atoms with E-state index in [-0.39, 0.29) is 0 Å². The summed E-state index contributed by atoms with van der Waals surface area (Å²) < 4.78 is 0. The molecule has 0 spiro atoms. The molecule has 0 aliphatic rings. The molecule has 0 aromatic carbocycles. The molecule has 4 nitrogen and oxygen atoms in total. The van der Waals surface area contributed by atoms with Gasteiger partial charge >= 0.3 is 11.9 Å². The second kappa shape index (κ2) is 37.9. The third kappa shape index (κ3) is 43.9. The molecular formula is C38H60O4. The molecule has 0 saturated carbocycles. The summed E-state index contributed by atoms with van der Waals surface area (Å²) in [6, 6.07) is 0. The number of carbonyl (C=O) groups is 2. The fourth-order valence-corrected chi connectivity index (χ4v) is 3.81. The van der Waals surface area contributed by atoms with Crippen LogP contribution in [0.25, 0.3) is 0 Å². The molecule has 0 aromatic rings. The minimum absolute atomic E-state index is 0.319. The van der Waals surface area contributed by atoms with Gasteiger partial charge < -0.3 is 10.2 Å². The third-order valence-electron chi connectivity index (χ3n) is 6.17. The van der Waals surface area contributed by atoms with Gasteiger partial charge in [-0.1, -0.05) is 163 Å². The summed E-state index contributed by atoms with van der Waals surface area (Å²) in [6.07, 6.45) is 52.1. The van der Waals surface area contributed by atoms with E-state index < -0.39 is 11.9 Å². The zero-order valence-electron chi connectivity index (χ0n) is 26.7. The van der Waals surface area contributed by atoms with Gasteiger partial charge in [-0.15, -0.1) is 0 Å². The number of hydrogen-bond donors (Lipinski definition) is 2. The lowest BCUT2D eigenvalue weighted by atomic mass is 10.1. The standard InChI is InChI=1S/C20H30O2.C18H30O2/c1-2-3-4-5-6-7-8-9-10-11-12-13-14-15-16-17-18-19-20(21)22;1-2-3-4-5-6-7-8-9-10-11-12-13-14-15-16-17-18(19)20/h10-19H,2-9H2,1H3,(H,21,22);3-4,6-7,9-10H,2,5,8,11-17H2,1H3,(H,19,20)/b;4-3-,7-6-,10-9-. The second-order valence-corrected chi connectivity index (χ2v) is 10.2. The SMILES string of the molecule is CC/C=C\C/C=C\C/C=C\CCCCCCCC(=O)O.CCCCCCCCCC=CC=CC=CC=CC=CC(=O)O. The molecule has 236 valence electrons. The van der Waals surface area contributed by atoms with Crippen LogP contribution >= 0.6 is 0 Å². The van der Waals surface area contributed by atoms with Crippen molar-refractivity contribution in [2.45, 2.75) is 129 Å². The zero-order chi connectivity index (χ0) is 31.2. The van der Waals surface area contributed by atoms with Gasteiger partial charge in [-0.25, -0.2) is 4.79 Å². The highest BCUT2D eigenvalue weighted by atomic mass is 16.4. The molecule has 0 aliphatic carbocycles. The first kappa shape index (κ1) is 41.0. The summed E-state index contributed by atoms with van der Waals surface area (Å²) in [4.78, 5) is 20.5. The number of unbranched alkanes of at least 4 members (excludes halogenated alkanes) is 12. The maximum Gasteiger partial charge on any atom is 0.328 e. The van der Waals surface area contributed by atoms with Gasteiger partial charge in [-0.05, 0) is 51.4 Å². The van der Waals surface area contributed by atoms with E-state index in [4.69, 9.17) is 10.2 Å². The number of allylic oxidation sites excluding steroid dienone is 15. The molecule has 0 aliphatic heterocycles. The van der Waals surface area contributed by atoms with Crippen molar-refractivity contribution in [3.8, 4) is 0 Å². The highest BCUT2D eigenvalue weighted by molar-refractivity contribution is 5.80. The van der Waals surface area contributed by atoms with Crippen molar-refractivity contribution < 1.29 is 19.8 Å². The van der Waals surface area contributed by atoms with Gasteiger partial charge in [0.05, 0.1) is 0 Å². The average molecular weight is 581 g/mol. The number of carboxylic acid groups (broad SMARTS) is 2. The Morgan fingerprint density at radius 2 is 0.929 bits per heavy atom. The van der Waals surface area contributed by atoms with Crippen LogP contribution in [0.2, 0.25) is 0 Å². The predicted octanol–water partition coefficient (Wildman–Crippen LogP) is 11.7. The number of aliphatic carboxylic acids is 2. The summed E-state index contributed by atoms with van der Waals surface area (Å²) in [7, 11) is 0. The van der Waals surface area contributed by atoms with Crippen LogP contribution < -0.4 is 0 Å². The summed E-state index contributed by atoms with van der Waals surface area (Å²) in [6.45, 7) is 4.40. The molecule has 0 saturated heterocycles. The first-order valence-corrected chi connectivity index (χ1v) is 16.3. The van der Waals surface area contributed by atoms with Crippen molar-refractivity contribution in [3.63, 3.8) is 0 Å². The van der Waals surface area contributed by atoms with Gasteiger partial charge in [0.15, 0.2) is 0 Å². The summed E-state index contributed by atoms with van der Waals surface area (Å²) in [5.41, 5.74) is 0. The Morgan fingerprint density at radius 3 is 1.48 bits per heavy atom. The Hall–Kier alpha value is -3.14. The van der Waals surface area contributed by atoms with Crippen molar-refractivity contribution in [2.24, 2.45) is 0 Å². The summed E-state index contributed by atoms with van der Waals surface area (Å²) in [5, 5.41) is 16.9. The van der Waals surface area contributed by atoms with Crippen LogP contribution in [-0.2, 0) is 9.59 Å². The maximum absolute atomic E-state index is 10.3. The molecule has 42 heavy (non-hydrogen) atoms. The molecular weight excluding hydrogens is 520 g/mol. The van der Waals surface area contributed by atoms with Crippen LogP contribution in [0, 0.1) is 0 Å². The summed E-state index contributed by atoms with van der Waals surface area (Å²) >= 11 is 0. The molecule has 4 heteroatoms. The van der Waals surface area contributed by atoms with E-state index in [2.05, 4.69) is 62.5 Å². The Bertz CT molecular complexity index is 837. The van der Waals surface area contributed by atoms with E-state index >= 15 is 0 Å². The molecule has 0 atom stereocenters. The minimum Gasteiger partial charge on any atom is -0.481 e. The van der Waals surface area contributed by atoms with Crippen LogP contribution in [0.1, 0.15) is 129 Å². The smallest absolute Gasteiger partial charge is 0.328 e. The number of carboxylic acids is 2. The van der Waals surface area contributed by atoms with Crippen LogP contribution in [0.5, 0.6) is 0 Å². The van der Waals surface area contributed by atoms with Crippen molar-refractivity contribution in [2.75, 3.05) is 0 Å². The van der Waals surface area contributed by atoms with Crippen molar-refractivity contribution in [1.29, 1.82) is 0 Å². The van der Waals surface area contributed by atoms with E-state index in [1.54, 1.807) is 12.2 Å². The molecule has 0 unspecified atom stereocenters. The fraction of sp³-hybridized carbons (Fsp3) is 0.526. The third-order valence-corrected chi connectivity index (χ3v) is 6.17. The average Bonchev–Trinajstić information content (AvgIpc) is 2.97. The first-order valence-electron chi connectivity index (χ1n) is 16.3. The van der Waals surface area contributed by atoms with Crippen LogP contribution in [0.4, 0.5) is 0 Å². The first-order chi connectivity index (χ1) is 20.5. The Morgan fingerprint density at radius 1 is 0.476 bits per heavy atom. The zero-order valence-corrected chi connectivity index (χ0v) is 26.7. The normalized spacial score (nSPS) is 12.4. The Kier molecular flexibility index (Phi) is 37.0. The topological polar surface area (TPSA) is 74.6 Å². The predicted molar refractivity (Wildman–Crippen MR) is 183 cm³/mol. The molecule has 0 bridgehead atoms. The lowest BCUT2D eigenvalue weighted by molar-refractivity contribution is -0.137. The monoisotopic (exact) mass is 580 g/mol. The largest absolute Gasteiger partial charge is 0.481 e. The van der Waals surface area contributed by atoms with Gasteiger partial charge in [-0.3, -0.25) is 4.79 Å². The minimum atomic E-state index is -0.931. The lowest BCUT2D eigenvalue weighted by Crippen LogP contribution is -1.93. The van der Waals surface area contributed by atoms with E-state index in [0.29, 0.717) is 6.42 Å². The van der Waals surface area contributed by atoms with Gasteiger partial charge in [0, 0.05) is 12.5 Å². The Labute approximate surface area is 258 Å². The van der Waals surface area contributed by atoms with Crippen LogP contribution in [-0.4, -0.2) is 22.2 Å². The quantitative estimate of drug-likeness (QED) is 0.0462. The highest BCUT2D eigenvalue weighted by Crippen LogP contribution is 2.09. The van der Waals surface area contributed by atoms with E-state index in [1.165, 1.54) is 63.9 Å². The molecule has 0 fully saturated rings. The molecule has 0 heterocycles. The molecule has 0 aromatic heterocycles. The van der Waals surface area contributed by atoms with Crippen LogP contribution in [0.15, 0.2) is 97.2 Å². The lowest BCUT2D eigenvalue weighted by Gasteiger charge is -1.98. The van der Waals surface area contributed by atoms with Gasteiger partial charge in [0.2, 0.25) is 0 Å². The van der Waals surface area contributed by atoms with Crippen molar-refractivity contribution in [3.05, 3.63) is 97.2 Å². The molecule has 0 radical (unpaired) electrons. The Balaban J connectivity index is 0. The van der Waals surface area contributed by atoms with Crippen LogP contribution in [0.3, 0.4) is 0 Å². The fourth-order valence-electron chi connectivity index (χ4n) is 3.81. The second-order valence-electron chi connectivity index (χ2n) is 10.2. The molecule has 2 N–H and O–H groups in total. The van der Waals surface area contributed by atoms with E-state index in [9.17, 15) is 9.59 Å². The summed E-state index contributed by atoms with van der Waals surface area (Å²) in [5.74, 6) is -1.61. The number of hydrogen-bond acceptors (Lipinski definition) is 2. The molecule has 0 rings (SSSR count). The van der Waals surface area contributed by atoms with Gasteiger partial charge in [0.25, 0.3) is 0 Å². The highest BCUT2D eigenvalue weighted by Gasteiger charge is 1.95. The van der Waals surface area contributed by atoms with E-state index in [0.717, 1.165) is 57.4 Å². The van der Waals surface area contributed by atoms with Gasteiger partial charge in [-0.2, -0.15) is 0 Å².